The zero-order valence-corrected chi connectivity index (χ0v) is 12.1. The number of nitro benzene ring substituents is 1. The van der Waals surface area contributed by atoms with Gasteiger partial charge in [-0.15, -0.1) is 0 Å². The van der Waals surface area contributed by atoms with Crippen molar-refractivity contribution >= 4 is 11.6 Å². The van der Waals surface area contributed by atoms with Gasteiger partial charge in [0.25, 0.3) is 5.69 Å². The van der Waals surface area contributed by atoms with Crippen molar-refractivity contribution in [2.24, 2.45) is 0 Å². The van der Waals surface area contributed by atoms with Crippen LogP contribution in [0, 0.1) is 10.1 Å². The molecule has 1 rings (SSSR count). The Morgan fingerprint density at radius 2 is 1.95 bits per heavy atom. The molecule has 0 aromatic heterocycles. The average Bonchev–Trinajstić information content (AvgIpc) is 2.26. The number of benzene rings is 1. The van der Waals surface area contributed by atoms with Gasteiger partial charge in [-0.25, -0.2) is 0 Å². The number of hydrogen-bond acceptors (Lipinski definition) is 4. The Morgan fingerprint density at radius 3 is 2.45 bits per heavy atom. The van der Waals surface area contributed by atoms with Gasteiger partial charge in [0.2, 0.25) is 5.91 Å². The lowest BCUT2D eigenvalue weighted by Gasteiger charge is -2.38. The number of rotatable bonds is 5. The molecule has 0 aliphatic carbocycles. The van der Waals surface area contributed by atoms with E-state index in [1.54, 1.807) is 39.8 Å². The number of aliphatic hydroxyl groups is 1. The van der Waals surface area contributed by atoms with E-state index in [2.05, 4.69) is 5.32 Å². The Morgan fingerprint density at radius 1 is 1.35 bits per heavy atom. The first-order chi connectivity index (χ1) is 9.03. The first-order valence-electron chi connectivity index (χ1n) is 6.29. The SMILES string of the molecule is CC(C)(O)C(C)(C)NC(=O)Cc1cccc([N+](=O)[O-])c1. The van der Waals surface area contributed by atoms with Crippen molar-refractivity contribution in [3.8, 4) is 0 Å². The van der Waals surface area contributed by atoms with Gasteiger partial charge >= 0.3 is 0 Å². The van der Waals surface area contributed by atoms with E-state index in [4.69, 9.17) is 0 Å². The average molecular weight is 280 g/mol. The minimum absolute atomic E-state index is 0.0290. The number of nitro groups is 1. The molecule has 0 saturated heterocycles. The topological polar surface area (TPSA) is 92.5 Å². The molecule has 0 atom stereocenters. The highest BCUT2D eigenvalue weighted by molar-refractivity contribution is 5.79. The van der Waals surface area contributed by atoms with Gasteiger partial charge < -0.3 is 10.4 Å². The van der Waals surface area contributed by atoms with Crippen LogP contribution < -0.4 is 5.32 Å². The second kappa shape index (κ2) is 5.58. The van der Waals surface area contributed by atoms with Crippen LogP contribution in [-0.4, -0.2) is 27.1 Å². The maximum atomic E-state index is 12.0. The second-order valence-electron chi connectivity index (χ2n) is 5.84. The number of nitrogens with one attached hydrogen (secondary N) is 1. The highest BCUT2D eigenvalue weighted by Gasteiger charge is 2.36. The molecule has 0 saturated carbocycles. The Kier molecular flexibility index (Phi) is 4.50. The van der Waals surface area contributed by atoms with Gasteiger partial charge in [-0.3, -0.25) is 14.9 Å². The maximum absolute atomic E-state index is 12.0. The van der Waals surface area contributed by atoms with Crippen molar-refractivity contribution in [2.45, 2.75) is 45.3 Å². The first kappa shape index (κ1) is 16.1. The van der Waals surface area contributed by atoms with Crippen molar-refractivity contribution in [2.75, 3.05) is 0 Å². The fourth-order valence-electron chi connectivity index (χ4n) is 1.51. The van der Waals surface area contributed by atoms with Gasteiger partial charge in [0.15, 0.2) is 0 Å². The minimum atomic E-state index is -1.08. The van der Waals surface area contributed by atoms with Crippen LogP contribution in [0.3, 0.4) is 0 Å². The van der Waals surface area contributed by atoms with Gasteiger partial charge in [0.1, 0.15) is 0 Å². The quantitative estimate of drug-likeness (QED) is 0.635. The largest absolute Gasteiger partial charge is 0.388 e. The molecule has 0 spiro atoms. The third-order valence-electron chi connectivity index (χ3n) is 3.47. The summed E-state index contributed by atoms with van der Waals surface area (Å²) in [7, 11) is 0. The van der Waals surface area contributed by atoms with E-state index < -0.39 is 16.1 Å². The molecule has 0 radical (unpaired) electrons. The summed E-state index contributed by atoms with van der Waals surface area (Å²) in [4.78, 5) is 22.1. The summed E-state index contributed by atoms with van der Waals surface area (Å²) in [5.41, 5.74) is -1.36. The summed E-state index contributed by atoms with van der Waals surface area (Å²) < 4.78 is 0. The van der Waals surface area contributed by atoms with Crippen molar-refractivity contribution in [3.05, 3.63) is 39.9 Å². The fourth-order valence-corrected chi connectivity index (χ4v) is 1.51. The van der Waals surface area contributed by atoms with Crippen molar-refractivity contribution in [1.82, 2.24) is 5.32 Å². The molecule has 0 unspecified atom stereocenters. The van der Waals surface area contributed by atoms with Crippen molar-refractivity contribution in [1.29, 1.82) is 0 Å². The van der Waals surface area contributed by atoms with E-state index in [9.17, 15) is 20.0 Å². The molecule has 0 aliphatic rings. The zero-order valence-electron chi connectivity index (χ0n) is 12.1. The second-order valence-corrected chi connectivity index (χ2v) is 5.84. The summed E-state index contributed by atoms with van der Waals surface area (Å²) in [6.45, 7) is 6.66. The molecule has 0 bridgehead atoms. The molecule has 1 aromatic rings. The summed E-state index contributed by atoms with van der Waals surface area (Å²) in [5, 5.41) is 23.4. The Hall–Kier alpha value is -1.95. The van der Waals surface area contributed by atoms with Crippen LogP contribution in [0.2, 0.25) is 0 Å². The van der Waals surface area contributed by atoms with E-state index in [-0.39, 0.29) is 18.0 Å². The van der Waals surface area contributed by atoms with E-state index in [0.29, 0.717) is 5.56 Å². The molecule has 0 aliphatic heterocycles. The molecular weight excluding hydrogens is 260 g/mol. The van der Waals surface area contributed by atoms with E-state index >= 15 is 0 Å². The number of nitrogens with zero attached hydrogens (tertiary/aromatic N) is 1. The predicted molar refractivity (Wildman–Crippen MR) is 75.3 cm³/mol. The Bertz CT molecular complexity index is 518. The number of carbonyl (C=O) groups is 1. The summed E-state index contributed by atoms with van der Waals surface area (Å²) in [6.07, 6.45) is 0.0290. The molecule has 6 nitrogen and oxygen atoms in total. The van der Waals surface area contributed by atoms with Crippen LogP contribution in [0.15, 0.2) is 24.3 Å². The molecule has 0 heterocycles. The molecule has 6 heteroatoms. The van der Waals surface area contributed by atoms with E-state index in [1.165, 1.54) is 12.1 Å². The lowest BCUT2D eigenvalue weighted by Crippen LogP contribution is -2.58. The van der Waals surface area contributed by atoms with Gasteiger partial charge in [0.05, 0.1) is 22.5 Å². The number of hydrogen-bond donors (Lipinski definition) is 2. The van der Waals surface area contributed by atoms with Crippen LogP contribution in [0.5, 0.6) is 0 Å². The van der Waals surface area contributed by atoms with Crippen LogP contribution in [0.4, 0.5) is 5.69 Å². The predicted octanol–water partition coefficient (Wildman–Crippen LogP) is 1.80. The first-order valence-corrected chi connectivity index (χ1v) is 6.29. The third-order valence-corrected chi connectivity index (χ3v) is 3.47. The van der Waals surface area contributed by atoms with Gasteiger partial charge in [-0.05, 0) is 33.3 Å². The molecule has 0 fully saturated rings. The van der Waals surface area contributed by atoms with Gasteiger partial charge in [0, 0.05) is 12.1 Å². The lowest BCUT2D eigenvalue weighted by atomic mass is 9.86. The van der Waals surface area contributed by atoms with Gasteiger partial charge in [-0.2, -0.15) is 0 Å². The molecule has 110 valence electrons. The summed E-state index contributed by atoms with van der Waals surface area (Å²) in [6, 6.07) is 5.95. The van der Waals surface area contributed by atoms with Gasteiger partial charge in [-0.1, -0.05) is 12.1 Å². The van der Waals surface area contributed by atoms with E-state index in [1.807, 2.05) is 0 Å². The standard InChI is InChI=1S/C14H20N2O4/c1-13(2,14(3,4)18)15-12(17)9-10-6-5-7-11(8-10)16(19)20/h5-8,18H,9H2,1-4H3,(H,15,17). The van der Waals surface area contributed by atoms with E-state index in [0.717, 1.165) is 0 Å². The normalized spacial score (nSPS) is 12.1. The smallest absolute Gasteiger partial charge is 0.269 e. The highest BCUT2D eigenvalue weighted by atomic mass is 16.6. The van der Waals surface area contributed by atoms with Crippen LogP contribution in [0.1, 0.15) is 33.3 Å². The maximum Gasteiger partial charge on any atom is 0.269 e. The minimum Gasteiger partial charge on any atom is -0.388 e. The molecular formula is C14H20N2O4. The molecule has 2 N–H and O–H groups in total. The highest BCUT2D eigenvalue weighted by Crippen LogP contribution is 2.21. The Balaban J connectivity index is 2.77. The van der Waals surface area contributed by atoms with Crippen LogP contribution in [0.25, 0.3) is 0 Å². The zero-order chi connectivity index (χ0) is 15.6. The molecule has 1 aromatic carbocycles. The number of amides is 1. The molecule has 20 heavy (non-hydrogen) atoms. The number of non-ortho nitro benzene ring substituents is 1. The van der Waals surface area contributed by atoms with Crippen molar-refractivity contribution in [3.63, 3.8) is 0 Å². The van der Waals surface area contributed by atoms with Crippen LogP contribution in [-0.2, 0) is 11.2 Å². The monoisotopic (exact) mass is 280 g/mol. The number of carbonyl (C=O) groups excluding carboxylic acids is 1. The lowest BCUT2D eigenvalue weighted by molar-refractivity contribution is -0.384. The Labute approximate surface area is 118 Å². The molecule has 1 amide bonds. The third kappa shape index (κ3) is 4.03. The summed E-state index contributed by atoms with van der Waals surface area (Å²) >= 11 is 0. The fraction of sp³-hybridized carbons (Fsp3) is 0.500. The van der Waals surface area contributed by atoms with Crippen LogP contribution >= 0.6 is 0 Å². The summed E-state index contributed by atoms with van der Waals surface area (Å²) in [5.74, 6) is -0.294. The van der Waals surface area contributed by atoms with Crippen molar-refractivity contribution < 1.29 is 14.8 Å².